The van der Waals surface area contributed by atoms with E-state index in [2.05, 4.69) is 32.6 Å². The maximum atomic E-state index is 12.1. The van der Waals surface area contributed by atoms with Gasteiger partial charge in [-0.3, -0.25) is 9.59 Å². The van der Waals surface area contributed by atoms with Crippen molar-refractivity contribution in [1.29, 1.82) is 0 Å². The number of carbonyl (C=O) groups is 2. The molecule has 1 aromatic heterocycles. The van der Waals surface area contributed by atoms with E-state index in [9.17, 15) is 14.4 Å². The summed E-state index contributed by atoms with van der Waals surface area (Å²) in [5, 5.41) is 2.76. The molecule has 0 saturated heterocycles. The highest BCUT2D eigenvalue weighted by atomic mass is 127. The van der Waals surface area contributed by atoms with E-state index in [1.54, 1.807) is 0 Å². The molecule has 0 spiro atoms. The normalized spacial score (nSPS) is 10.2. The van der Waals surface area contributed by atoms with Crippen LogP contribution in [0.15, 0.2) is 41.3 Å². The number of benzene rings is 1. The molecule has 0 fully saturated rings. The zero-order chi connectivity index (χ0) is 17.0. The molecule has 0 radical (unpaired) electrons. The Morgan fingerprint density at radius 3 is 2.65 bits per heavy atom. The van der Waals surface area contributed by atoms with E-state index in [4.69, 9.17) is 0 Å². The van der Waals surface area contributed by atoms with Gasteiger partial charge in [0.2, 0.25) is 5.91 Å². The summed E-state index contributed by atoms with van der Waals surface area (Å²) in [6.07, 6.45) is 1.31. The van der Waals surface area contributed by atoms with Crippen LogP contribution in [-0.2, 0) is 16.1 Å². The quantitative estimate of drug-likeness (QED) is 0.601. The van der Waals surface area contributed by atoms with Crippen LogP contribution in [-0.4, -0.2) is 23.6 Å². The Balaban J connectivity index is 2.17. The van der Waals surface area contributed by atoms with Crippen molar-refractivity contribution in [3.8, 4) is 0 Å². The molecule has 7 heteroatoms. The van der Waals surface area contributed by atoms with Gasteiger partial charge in [0.05, 0.1) is 12.7 Å². The molecule has 0 saturated carbocycles. The fraction of sp³-hybridized carbons (Fsp3) is 0.188. The lowest BCUT2D eigenvalue weighted by Crippen LogP contribution is -2.27. The molecule has 6 nitrogen and oxygen atoms in total. The molecule has 23 heavy (non-hydrogen) atoms. The predicted octanol–water partition coefficient (Wildman–Crippen LogP) is 2.19. The fourth-order valence-electron chi connectivity index (χ4n) is 2.01. The fourth-order valence-corrected chi connectivity index (χ4v) is 2.65. The smallest absolute Gasteiger partial charge is 0.339 e. The summed E-state index contributed by atoms with van der Waals surface area (Å²) in [7, 11) is 1.25. The average molecular weight is 426 g/mol. The van der Waals surface area contributed by atoms with Crippen molar-refractivity contribution in [1.82, 2.24) is 4.57 Å². The maximum absolute atomic E-state index is 12.1. The van der Waals surface area contributed by atoms with Crippen LogP contribution in [0.25, 0.3) is 0 Å². The number of amides is 1. The molecule has 2 aromatic rings. The third-order valence-electron chi connectivity index (χ3n) is 3.18. The first kappa shape index (κ1) is 17.2. The first-order valence-corrected chi connectivity index (χ1v) is 7.83. The number of hydrogen-bond acceptors (Lipinski definition) is 4. The molecule has 1 aromatic carbocycles. The lowest BCUT2D eigenvalue weighted by molar-refractivity contribution is -0.116. The summed E-state index contributed by atoms with van der Waals surface area (Å²) in [5.74, 6) is -0.911. The summed E-state index contributed by atoms with van der Waals surface area (Å²) in [5.41, 5.74) is 1.46. The van der Waals surface area contributed by atoms with E-state index < -0.39 is 5.97 Å². The molecule has 1 N–H and O–H groups in total. The summed E-state index contributed by atoms with van der Waals surface area (Å²) >= 11 is 2.19. The second-order valence-electron chi connectivity index (χ2n) is 4.88. The summed E-state index contributed by atoms with van der Waals surface area (Å²) in [4.78, 5) is 35.4. The van der Waals surface area contributed by atoms with Gasteiger partial charge in [-0.05, 0) is 59.3 Å². The van der Waals surface area contributed by atoms with Crippen molar-refractivity contribution in [2.45, 2.75) is 13.5 Å². The topological polar surface area (TPSA) is 77.4 Å². The van der Waals surface area contributed by atoms with Gasteiger partial charge in [-0.25, -0.2) is 4.79 Å². The molecular formula is C16H15IN2O4. The number of methoxy groups -OCH3 is 1. The van der Waals surface area contributed by atoms with Crippen LogP contribution in [0.5, 0.6) is 0 Å². The van der Waals surface area contributed by atoms with Crippen LogP contribution in [0, 0.1) is 10.5 Å². The first-order valence-electron chi connectivity index (χ1n) is 6.75. The number of hydrogen-bond donors (Lipinski definition) is 1. The minimum Gasteiger partial charge on any atom is -0.465 e. The second kappa shape index (κ2) is 7.40. The molecule has 0 unspecified atom stereocenters. The van der Waals surface area contributed by atoms with Crippen LogP contribution in [0.1, 0.15) is 15.9 Å². The van der Waals surface area contributed by atoms with Gasteiger partial charge in [-0.1, -0.05) is 0 Å². The SMILES string of the molecule is COC(=O)c1ccc(=O)n(CC(=O)Nc2ccc(I)cc2C)c1. The van der Waals surface area contributed by atoms with Crippen molar-refractivity contribution in [3.63, 3.8) is 0 Å². The maximum Gasteiger partial charge on any atom is 0.339 e. The number of nitrogens with one attached hydrogen (secondary N) is 1. The third-order valence-corrected chi connectivity index (χ3v) is 3.85. The van der Waals surface area contributed by atoms with Crippen molar-refractivity contribution < 1.29 is 14.3 Å². The highest BCUT2D eigenvalue weighted by Crippen LogP contribution is 2.17. The van der Waals surface area contributed by atoms with Crippen LogP contribution < -0.4 is 10.9 Å². The van der Waals surface area contributed by atoms with Gasteiger partial charge in [0.25, 0.3) is 5.56 Å². The Morgan fingerprint density at radius 2 is 2.00 bits per heavy atom. The Kier molecular flexibility index (Phi) is 5.54. The van der Waals surface area contributed by atoms with E-state index in [1.165, 1.54) is 30.0 Å². The number of rotatable bonds is 4. The van der Waals surface area contributed by atoms with Crippen LogP contribution >= 0.6 is 22.6 Å². The zero-order valence-corrected chi connectivity index (χ0v) is 14.8. The highest BCUT2D eigenvalue weighted by Gasteiger charge is 2.11. The van der Waals surface area contributed by atoms with Crippen LogP contribution in [0.3, 0.4) is 0 Å². The van der Waals surface area contributed by atoms with Gasteiger partial charge in [0.15, 0.2) is 0 Å². The summed E-state index contributed by atoms with van der Waals surface area (Å²) < 4.78 is 6.84. The number of aromatic nitrogens is 1. The van der Waals surface area contributed by atoms with Gasteiger partial charge >= 0.3 is 5.97 Å². The Bertz CT molecular complexity index is 814. The van der Waals surface area contributed by atoms with Crippen LogP contribution in [0.4, 0.5) is 5.69 Å². The number of ether oxygens (including phenoxy) is 1. The molecule has 0 bridgehead atoms. The molecule has 1 amide bonds. The number of halogens is 1. The first-order chi connectivity index (χ1) is 10.9. The van der Waals surface area contributed by atoms with Gasteiger partial charge in [-0.2, -0.15) is 0 Å². The number of nitrogens with zero attached hydrogens (tertiary/aromatic N) is 1. The molecule has 0 aliphatic carbocycles. The van der Waals surface area contributed by atoms with Crippen molar-refractivity contribution in [3.05, 3.63) is 61.6 Å². The minimum absolute atomic E-state index is 0.185. The molecule has 0 atom stereocenters. The lowest BCUT2D eigenvalue weighted by atomic mass is 10.2. The van der Waals surface area contributed by atoms with E-state index in [0.717, 1.165) is 9.13 Å². The number of carbonyl (C=O) groups excluding carboxylic acids is 2. The average Bonchev–Trinajstić information content (AvgIpc) is 2.51. The van der Waals surface area contributed by atoms with Crippen molar-refractivity contribution >= 4 is 40.2 Å². The standard InChI is InChI=1S/C16H15IN2O4/c1-10-7-12(17)4-5-13(10)18-14(20)9-19-8-11(16(22)23-2)3-6-15(19)21/h3-8H,9H2,1-2H3,(H,18,20). The van der Waals surface area contributed by atoms with E-state index in [1.807, 2.05) is 25.1 Å². The Morgan fingerprint density at radius 1 is 1.26 bits per heavy atom. The predicted molar refractivity (Wildman–Crippen MR) is 94.6 cm³/mol. The Labute approximate surface area is 146 Å². The molecule has 120 valence electrons. The van der Waals surface area contributed by atoms with E-state index in [0.29, 0.717) is 5.69 Å². The number of pyridine rings is 1. The van der Waals surface area contributed by atoms with Crippen molar-refractivity contribution in [2.75, 3.05) is 12.4 Å². The van der Waals surface area contributed by atoms with Gasteiger partial charge in [0, 0.05) is 21.5 Å². The van der Waals surface area contributed by atoms with Crippen LogP contribution in [0.2, 0.25) is 0 Å². The number of esters is 1. The lowest BCUT2D eigenvalue weighted by Gasteiger charge is -2.10. The largest absolute Gasteiger partial charge is 0.465 e. The molecule has 1 heterocycles. The van der Waals surface area contributed by atoms with Gasteiger partial charge in [-0.15, -0.1) is 0 Å². The second-order valence-corrected chi connectivity index (χ2v) is 6.13. The third kappa shape index (κ3) is 4.41. The number of aryl methyl sites for hydroxylation is 1. The number of anilines is 1. The summed E-state index contributed by atoms with van der Waals surface area (Å²) in [6.45, 7) is 1.71. The van der Waals surface area contributed by atoms with Gasteiger partial charge < -0.3 is 14.6 Å². The molecule has 0 aliphatic heterocycles. The van der Waals surface area contributed by atoms with Gasteiger partial charge in [0.1, 0.15) is 6.54 Å². The molecular weight excluding hydrogens is 411 g/mol. The minimum atomic E-state index is -0.562. The molecule has 0 aliphatic rings. The van der Waals surface area contributed by atoms with Crippen molar-refractivity contribution in [2.24, 2.45) is 0 Å². The molecule has 2 rings (SSSR count). The monoisotopic (exact) mass is 426 g/mol. The summed E-state index contributed by atoms with van der Waals surface area (Å²) in [6, 6.07) is 8.23. The van der Waals surface area contributed by atoms with E-state index >= 15 is 0 Å². The Hall–Kier alpha value is -2.16. The zero-order valence-electron chi connectivity index (χ0n) is 12.6. The van der Waals surface area contributed by atoms with E-state index in [-0.39, 0.29) is 23.6 Å². The highest BCUT2D eigenvalue weighted by molar-refractivity contribution is 14.1.